The van der Waals surface area contributed by atoms with E-state index in [1.54, 1.807) is 0 Å². The largest absolute Gasteiger partial charge is 0.361 e. The van der Waals surface area contributed by atoms with Crippen LogP contribution in [0.3, 0.4) is 0 Å². The van der Waals surface area contributed by atoms with E-state index >= 15 is 0 Å². The van der Waals surface area contributed by atoms with Crippen LogP contribution in [-0.4, -0.2) is 14.7 Å². The molecule has 25 heavy (non-hydrogen) atoms. The minimum absolute atomic E-state index is 0.214. The normalized spacial score (nSPS) is 12.6. The van der Waals surface area contributed by atoms with Crippen LogP contribution in [-0.2, 0) is 0 Å². The quantitative estimate of drug-likeness (QED) is 0.516. The molecule has 2 heterocycles. The summed E-state index contributed by atoms with van der Waals surface area (Å²) >= 11 is 0. The molecule has 0 fully saturated rings. The van der Waals surface area contributed by atoms with Crippen LogP contribution in [0.25, 0.3) is 22.2 Å². The molecule has 4 nitrogen and oxygen atoms in total. The van der Waals surface area contributed by atoms with Crippen LogP contribution in [0, 0.1) is 20.8 Å². The smallest absolute Gasteiger partial charge is 0.141 e. The van der Waals surface area contributed by atoms with Crippen molar-refractivity contribution >= 4 is 11.0 Å². The van der Waals surface area contributed by atoms with Crippen molar-refractivity contribution in [1.82, 2.24) is 14.7 Å². The van der Waals surface area contributed by atoms with E-state index in [2.05, 4.69) is 66.0 Å². The predicted octanol–water partition coefficient (Wildman–Crippen LogP) is 5.23. The number of hydrogen-bond acceptors (Lipinski definition) is 3. The molecule has 4 rings (SSSR count). The average molecular weight is 331 g/mol. The van der Waals surface area contributed by atoms with Gasteiger partial charge in [-0.3, -0.25) is 0 Å². The molecule has 2 aromatic heterocycles. The van der Waals surface area contributed by atoms with Gasteiger partial charge in [-0.05, 0) is 51.0 Å². The van der Waals surface area contributed by atoms with Gasteiger partial charge in [0.15, 0.2) is 0 Å². The predicted molar refractivity (Wildman–Crippen MR) is 99.7 cm³/mol. The summed E-state index contributed by atoms with van der Waals surface area (Å²) in [6, 6.07) is 17.1. The van der Waals surface area contributed by atoms with Crippen LogP contribution in [0.15, 0.2) is 53.1 Å². The number of imidazole rings is 1. The fourth-order valence-electron chi connectivity index (χ4n) is 3.63. The Bertz CT molecular complexity index is 1020. The highest BCUT2D eigenvalue weighted by Gasteiger charge is 2.17. The summed E-state index contributed by atoms with van der Waals surface area (Å²) in [7, 11) is 0. The van der Waals surface area contributed by atoms with E-state index in [-0.39, 0.29) is 6.04 Å². The zero-order chi connectivity index (χ0) is 17.6. The number of hydrogen-bond donors (Lipinski definition) is 0. The Morgan fingerprint density at radius 1 is 1.00 bits per heavy atom. The maximum Gasteiger partial charge on any atom is 0.141 e. The summed E-state index contributed by atoms with van der Waals surface area (Å²) in [5, 5.41) is 4.09. The molecule has 0 aliphatic heterocycles. The summed E-state index contributed by atoms with van der Waals surface area (Å²) in [6.07, 6.45) is 0. The van der Waals surface area contributed by atoms with Gasteiger partial charge in [-0.1, -0.05) is 41.6 Å². The lowest BCUT2D eigenvalue weighted by molar-refractivity contribution is 0.393. The van der Waals surface area contributed by atoms with E-state index in [1.807, 2.05) is 19.9 Å². The molecule has 4 heteroatoms. The van der Waals surface area contributed by atoms with Gasteiger partial charge < -0.3 is 9.09 Å². The van der Waals surface area contributed by atoms with Gasteiger partial charge in [0.2, 0.25) is 0 Å². The third-order valence-electron chi connectivity index (χ3n) is 4.86. The highest BCUT2D eigenvalue weighted by atomic mass is 16.5. The molecule has 4 aromatic rings. The lowest BCUT2D eigenvalue weighted by Gasteiger charge is -2.17. The van der Waals surface area contributed by atoms with Crippen molar-refractivity contribution in [2.75, 3.05) is 0 Å². The fourth-order valence-corrected chi connectivity index (χ4v) is 3.63. The Kier molecular flexibility index (Phi) is 3.68. The molecule has 1 atom stereocenters. The van der Waals surface area contributed by atoms with E-state index < -0.39 is 0 Å². The summed E-state index contributed by atoms with van der Waals surface area (Å²) < 4.78 is 7.64. The lowest BCUT2D eigenvalue weighted by Crippen LogP contribution is -2.08. The van der Waals surface area contributed by atoms with Crippen LogP contribution in [0.4, 0.5) is 0 Å². The highest BCUT2D eigenvalue weighted by molar-refractivity contribution is 5.84. The summed E-state index contributed by atoms with van der Waals surface area (Å²) in [6.45, 7) is 8.21. The Morgan fingerprint density at radius 2 is 1.76 bits per heavy atom. The van der Waals surface area contributed by atoms with Crippen molar-refractivity contribution in [3.63, 3.8) is 0 Å². The highest BCUT2D eigenvalue weighted by Crippen LogP contribution is 2.32. The van der Waals surface area contributed by atoms with E-state index in [0.717, 1.165) is 39.4 Å². The zero-order valence-corrected chi connectivity index (χ0v) is 14.9. The lowest BCUT2D eigenvalue weighted by atomic mass is 10.0. The average Bonchev–Trinajstić information content (AvgIpc) is 3.12. The van der Waals surface area contributed by atoms with Crippen LogP contribution in [0.5, 0.6) is 0 Å². The standard InChI is InChI=1S/C21H21N3O/c1-13-21(15(3)25-23-13)18-10-11-19-20(12-18)24(16(4)22-19)14(2)17-8-6-5-7-9-17/h5-12,14H,1-4H3/t14-/m0/s1. The van der Waals surface area contributed by atoms with Gasteiger partial charge in [0, 0.05) is 5.56 Å². The Morgan fingerprint density at radius 3 is 2.44 bits per heavy atom. The van der Waals surface area contributed by atoms with Crippen LogP contribution in [0.1, 0.15) is 35.8 Å². The molecule has 0 aliphatic carbocycles. The number of fused-ring (bicyclic) bond motifs is 1. The van der Waals surface area contributed by atoms with Crippen molar-refractivity contribution < 1.29 is 4.52 Å². The molecule has 0 aliphatic rings. The maximum absolute atomic E-state index is 5.34. The monoisotopic (exact) mass is 331 g/mol. The number of aryl methyl sites for hydroxylation is 3. The summed E-state index contributed by atoms with van der Waals surface area (Å²) in [4.78, 5) is 4.75. The van der Waals surface area contributed by atoms with E-state index in [4.69, 9.17) is 9.51 Å². The first-order valence-electron chi connectivity index (χ1n) is 8.53. The van der Waals surface area contributed by atoms with Crippen molar-refractivity contribution in [3.05, 3.63) is 71.4 Å². The zero-order valence-electron chi connectivity index (χ0n) is 14.9. The molecular weight excluding hydrogens is 310 g/mol. The van der Waals surface area contributed by atoms with Gasteiger partial charge in [-0.2, -0.15) is 0 Å². The molecule has 126 valence electrons. The van der Waals surface area contributed by atoms with Crippen LogP contribution in [0.2, 0.25) is 0 Å². The van der Waals surface area contributed by atoms with Crippen molar-refractivity contribution in [2.45, 2.75) is 33.7 Å². The number of benzene rings is 2. The van der Waals surface area contributed by atoms with Gasteiger partial charge in [0.1, 0.15) is 11.6 Å². The SMILES string of the molecule is Cc1noc(C)c1-c1ccc2nc(C)n([C@@H](C)c3ccccc3)c2c1. The van der Waals surface area contributed by atoms with Crippen LogP contribution < -0.4 is 0 Å². The van der Waals surface area contributed by atoms with Gasteiger partial charge in [0.25, 0.3) is 0 Å². The van der Waals surface area contributed by atoms with Gasteiger partial charge in [-0.25, -0.2) is 4.98 Å². The minimum atomic E-state index is 0.214. The first-order valence-corrected chi connectivity index (χ1v) is 8.53. The molecule has 0 radical (unpaired) electrons. The van der Waals surface area contributed by atoms with E-state index in [1.165, 1.54) is 5.56 Å². The van der Waals surface area contributed by atoms with Crippen molar-refractivity contribution in [2.24, 2.45) is 0 Å². The minimum Gasteiger partial charge on any atom is -0.361 e. The molecule has 0 N–H and O–H groups in total. The fraction of sp³-hybridized carbons (Fsp3) is 0.238. The Balaban J connectivity index is 1.90. The Hall–Kier alpha value is -2.88. The molecule has 0 saturated carbocycles. The second-order valence-corrected chi connectivity index (χ2v) is 6.52. The second-order valence-electron chi connectivity index (χ2n) is 6.52. The summed E-state index contributed by atoms with van der Waals surface area (Å²) in [5.41, 5.74) is 6.51. The molecule has 0 spiro atoms. The van der Waals surface area contributed by atoms with Crippen LogP contribution >= 0.6 is 0 Å². The third-order valence-corrected chi connectivity index (χ3v) is 4.86. The molecular formula is C21H21N3O. The van der Waals surface area contributed by atoms with E-state index in [0.29, 0.717) is 0 Å². The van der Waals surface area contributed by atoms with E-state index in [9.17, 15) is 0 Å². The topological polar surface area (TPSA) is 43.9 Å². The molecule has 0 saturated heterocycles. The molecule has 0 unspecified atom stereocenters. The van der Waals surface area contributed by atoms with Crippen molar-refractivity contribution in [3.8, 4) is 11.1 Å². The number of rotatable bonds is 3. The molecule has 0 bridgehead atoms. The number of aromatic nitrogens is 3. The summed E-state index contributed by atoms with van der Waals surface area (Å²) in [5.74, 6) is 1.86. The van der Waals surface area contributed by atoms with Gasteiger partial charge >= 0.3 is 0 Å². The van der Waals surface area contributed by atoms with Gasteiger partial charge in [-0.15, -0.1) is 0 Å². The van der Waals surface area contributed by atoms with Crippen molar-refractivity contribution in [1.29, 1.82) is 0 Å². The number of nitrogens with zero attached hydrogens (tertiary/aromatic N) is 3. The molecule has 2 aromatic carbocycles. The Labute approximate surface area is 147 Å². The molecule has 0 amide bonds. The third kappa shape index (κ3) is 2.54. The first kappa shape index (κ1) is 15.6. The van der Waals surface area contributed by atoms with Gasteiger partial charge in [0.05, 0.1) is 22.8 Å². The first-order chi connectivity index (χ1) is 12.1. The maximum atomic E-state index is 5.34. The second kappa shape index (κ2) is 5.88.